The number of unbranched alkanes of at least 4 members (excludes halogenated alkanes) is 1. The lowest BCUT2D eigenvalue weighted by Gasteiger charge is -2.56. The van der Waals surface area contributed by atoms with Crippen LogP contribution in [0.3, 0.4) is 0 Å². The molecule has 0 spiro atoms. The molecule has 0 heterocycles. The van der Waals surface area contributed by atoms with Gasteiger partial charge in [-0.25, -0.2) is 0 Å². The van der Waals surface area contributed by atoms with Crippen LogP contribution in [0.1, 0.15) is 79.6 Å². The summed E-state index contributed by atoms with van der Waals surface area (Å²) in [6.45, 7) is 14.2. The molecule has 0 aromatic rings. The van der Waals surface area contributed by atoms with E-state index in [-0.39, 0.29) is 5.54 Å². The predicted octanol–water partition coefficient (Wildman–Crippen LogP) is 4.18. The molecule has 2 heteroatoms. The topological polar surface area (TPSA) is 29.3 Å². The third kappa shape index (κ3) is 3.57. The second kappa shape index (κ2) is 5.61. The lowest BCUT2D eigenvalue weighted by Crippen LogP contribution is -2.61. The van der Waals surface area contributed by atoms with Gasteiger partial charge in [0.15, 0.2) is 0 Å². The maximum absolute atomic E-state index is 6.38. The van der Waals surface area contributed by atoms with Crippen LogP contribution in [0, 0.1) is 10.8 Å². The second-order valence-electron chi connectivity index (χ2n) is 9.07. The van der Waals surface area contributed by atoms with Gasteiger partial charge in [-0.05, 0) is 55.9 Å². The molecule has 2 saturated carbocycles. The Morgan fingerprint density at radius 2 is 1.55 bits per heavy atom. The minimum absolute atomic E-state index is 0.252. The number of hydrogen-bond acceptors (Lipinski definition) is 2. The summed E-state index contributed by atoms with van der Waals surface area (Å²) in [5, 5.41) is 0. The van der Waals surface area contributed by atoms with E-state index in [4.69, 9.17) is 5.73 Å². The highest BCUT2D eigenvalue weighted by atomic mass is 15.3. The summed E-state index contributed by atoms with van der Waals surface area (Å²) in [7, 11) is 0. The van der Waals surface area contributed by atoms with Crippen molar-refractivity contribution in [3.05, 3.63) is 0 Å². The van der Waals surface area contributed by atoms with E-state index in [0.717, 1.165) is 12.6 Å². The van der Waals surface area contributed by atoms with Gasteiger partial charge in [0.25, 0.3) is 0 Å². The van der Waals surface area contributed by atoms with Gasteiger partial charge in [-0.15, -0.1) is 0 Å². The zero-order valence-electron chi connectivity index (χ0n) is 14.5. The highest BCUT2D eigenvalue weighted by molar-refractivity contribution is 5.07. The average molecular weight is 280 g/mol. The first kappa shape index (κ1) is 16.3. The van der Waals surface area contributed by atoms with Gasteiger partial charge in [0.2, 0.25) is 0 Å². The van der Waals surface area contributed by atoms with Crippen molar-refractivity contribution in [1.82, 2.24) is 4.90 Å². The monoisotopic (exact) mass is 280 g/mol. The van der Waals surface area contributed by atoms with Crippen LogP contribution < -0.4 is 5.73 Å². The van der Waals surface area contributed by atoms with Gasteiger partial charge in [-0.1, -0.05) is 41.0 Å². The third-order valence-electron chi connectivity index (χ3n) is 5.30. The molecule has 2 N–H and O–H groups in total. The molecule has 0 amide bonds. The van der Waals surface area contributed by atoms with E-state index in [9.17, 15) is 0 Å². The molecular formula is C18H36N2. The number of nitrogens with two attached hydrogens (primary N) is 1. The summed E-state index contributed by atoms with van der Waals surface area (Å²) in [5.74, 6) is 0. The van der Waals surface area contributed by atoms with E-state index >= 15 is 0 Å². The second-order valence-corrected chi connectivity index (χ2v) is 9.07. The Labute approximate surface area is 126 Å². The van der Waals surface area contributed by atoms with Crippen LogP contribution in [0.2, 0.25) is 0 Å². The molecule has 0 radical (unpaired) electrons. The fourth-order valence-electron chi connectivity index (χ4n) is 5.25. The summed E-state index contributed by atoms with van der Waals surface area (Å²) in [4.78, 5) is 2.83. The highest BCUT2D eigenvalue weighted by Crippen LogP contribution is 2.53. The van der Waals surface area contributed by atoms with Crippen molar-refractivity contribution in [3.8, 4) is 0 Å². The van der Waals surface area contributed by atoms with Gasteiger partial charge in [-0.3, -0.25) is 4.90 Å². The Morgan fingerprint density at radius 1 is 1.00 bits per heavy atom. The molecule has 2 nitrogen and oxygen atoms in total. The Bertz CT molecular complexity index is 312. The van der Waals surface area contributed by atoms with Crippen LogP contribution in [-0.2, 0) is 0 Å². The predicted molar refractivity (Wildman–Crippen MR) is 87.8 cm³/mol. The smallest absolute Gasteiger partial charge is 0.0344 e. The van der Waals surface area contributed by atoms with Crippen LogP contribution in [0.15, 0.2) is 0 Å². The Kier molecular flexibility index (Phi) is 4.57. The molecule has 0 aromatic carbocycles. The summed E-state index contributed by atoms with van der Waals surface area (Å²) in [6, 6.07) is 0.829. The zero-order chi connectivity index (χ0) is 15.0. The Balaban J connectivity index is 2.25. The molecule has 0 aromatic heterocycles. The molecule has 20 heavy (non-hydrogen) atoms. The van der Waals surface area contributed by atoms with Gasteiger partial charge < -0.3 is 5.73 Å². The Morgan fingerprint density at radius 3 is 1.95 bits per heavy atom. The maximum Gasteiger partial charge on any atom is 0.0344 e. The molecule has 2 rings (SSSR count). The fraction of sp³-hybridized carbons (Fsp3) is 1.00. The molecule has 0 saturated heterocycles. The molecule has 2 fully saturated rings. The van der Waals surface area contributed by atoms with Crippen molar-refractivity contribution in [2.45, 2.75) is 91.1 Å². The SMILES string of the molecule is CCCCN(C1CC1)C1(CN)CC(C)(C)CC(C)(C)C1. The van der Waals surface area contributed by atoms with Crippen molar-refractivity contribution in [3.63, 3.8) is 0 Å². The molecular weight excluding hydrogens is 244 g/mol. The van der Waals surface area contributed by atoms with Crippen molar-refractivity contribution in [2.24, 2.45) is 16.6 Å². The first-order valence-electron chi connectivity index (χ1n) is 8.70. The fourth-order valence-corrected chi connectivity index (χ4v) is 5.25. The molecule has 0 unspecified atom stereocenters. The van der Waals surface area contributed by atoms with E-state index < -0.39 is 0 Å². The molecule has 2 aliphatic carbocycles. The maximum atomic E-state index is 6.38. The summed E-state index contributed by atoms with van der Waals surface area (Å²) >= 11 is 0. The quantitative estimate of drug-likeness (QED) is 0.790. The summed E-state index contributed by atoms with van der Waals surface area (Å²) < 4.78 is 0. The molecule has 2 aliphatic rings. The summed E-state index contributed by atoms with van der Waals surface area (Å²) in [6.07, 6.45) is 9.28. The summed E-state index contributed by atoms with van der Waals surface area (Å²) in [5.41, 5.74) is 7.46. The van der Waals surface area contributed by atoms with Crippen molar-refractivity contribution >= 4 is 0 Å². The minimum Gasteiger partial charge on any atom is -0.329 e. The molecule has 118 valence electrons. The lowest BCUT2D eigenvalue weighted by molar-refractivity contribution is -0.0484. The number of rotatable bonds is 6. The van der Waals surface area contributed by atoms with Gasteiger partial charge in [0.1, 0.15) is 0 Å². The van der Waals surface area contributed by atoms with Crippen LogP contribution in [-0.4, -0.2) is 29.6 Å². The number of hydrogen-bond donors (Lipinski definition) is 1. The largest absolute Gasteiger partial charge is 0.329 e. The van der Waals surface area contributed by atoms with Crippen molar-refractivity contribution < 1.29 is 0 Å². The first-order chi connectivity index (χ1) is 9.24. The average Bonchev–Trinajstić information content (AvgIpc) is 3.09. The van der Waals surface area contributed by atoms with Gasteiger partial charge in [-0.2, -0.15) is 0 Å². The normalized spacial score (nSPS) is 27.8. The van der Waals surface area contributed by atoms with Gasteiger partial charge in [0, 0.05) is 18.1 Å². The van der Waals surface area contributed by atoms with Crippen LogP contribution in [0.4, 0.5) is 0 Å². The molecule has 0 atom stereocenters. The molecule has 0 bridgehead atoms. The highest BCUT2D eigenvalue weighted by Gasteiger charge is 2.52. The van der Waals surface area contributed by atoms with E-state index in [1.165, 1.54) is 51.5 Å². The van der Waals surface area contributed by atoms with Crippen LogP contribution in [0.25, 0.3) is 0 Å². The van der Waals surface area contributed by atoms with Crippen molar-refractivity contribution in [1.29, 1.82) is 0 Å². The van der Waals surface area contributed by atoms with E-state index in [2.05, 4.69) is 39.5 Å². The van der Waals surface area contributed by atoms with Crippen LogP contribution >= 0.6 is 0 Å². The van der Waals surface area contributed by atoms with E-state index in [0.29, 0.717) is 10.8 Å². The zero-order valence-corrected chi connectivity index (χ0v) is 14.5. The van der Waals surface area contributed by atoms with Gasteiger partial charge in [0.05, 0.1) is 0 Å². The lowest BCUT2D eigenvalue weighted by atomic mass is 9.57. The van der Waals surface area contributed by atoms with Crippen LogP contribution in [0.5, 0.6) is 0 Å². The van der Waals surface area contributed by atoms with Crippen molar-refractivity contribution in [2.75, 3.05) is 13.1 Å². The Hall–Kier alpha value is -0.0800. The molecule has 0 aliphatic heterocycles. The van der Waals surface area contributed by atoms with Gasteiger partial charge >= 0.3 is 0 Å². The minimum atomic E-state index is 0.252. The third-order valence-corrected chi connectivity index (χ3v) is 5.30. The first-order valence-corrected chi connectivity index (χ1v) is 8.70. The van der Waals surface area contributed by atoms with E-state index in [1.54, 1.807) is 0 Å². The number of nitrogens with zero attached hydrogens (tertiary/aromatic N) is 1. The van der Waals surface area contributed by atoms with E-state index in [1.807, 2.05) is 0 Å². The standard InChI is InChI=1S/C18H36N2/c1-6-7-10-20(15-8-9-15)18(14-19)12-16(2,3)11-17(4,5)13-18/h15H,6-14,19H2,1-5H3.